The standard InChI is InChI=1S/C26H36BrN3O5S/c1-4-6-7-12-28-24(33)22-26-13-18(27)21(36-26)19(20(26)25(34)30(22)15(3)14-31)23(32)29-16-8-10-17(11-9-16)35-5-2/h8-11,15,18-22,31H,4-7,12-14H2,1-3H3,(H,28,33)(H,29,32)/t15-,18?,19-,20+,21-,22?,26?/m1/s1. The zero-order valence-electron chi connectivity index (χ0n) is 21.0. The van der Waals surface area contributed by atoms with Crippen molar-refractivity contribution in [2.24, 2.45) is 11.8 Å². The number of carbonyl (C=O) groups excluding carboxylic acids is 3. The summed E-state index contributed by atoms with van der Waals surface area (Å²) in [5.74, 6) is -1.11. The maximum absolute atomic E-state index is 13.9. The fourth-order valence-electron chi connectivity index (χ4n) is 5.94. The molecule has 3 aliphatic heterocycles. The number of halogens is 1. The van der Waals surface area contributed by atoms with Crippen molar-refractivity contribution in [3.8, 4) is 5.75 Å². The topological polar surface area (TPSA) is 108 Å². The van der Waals surface area contributed by atoms with Crippen molar-refractivity contribution in [1.29, 1.82) is 0 Å². The Kier molecular flexibility index (Phi) is 8.56. The molecule has 3 amide bonds. The fraction of sp³-hybridized carbons (Fsp3) is 0.654. The zero-order chi connectivity index (χ0) is 26.0. The highest BCUT2D eigenvalue weighted by atomic mass is 79.9. The minimum Gasteiger partial charge on any atom is -0.494 e. The Morgan fingerprint density at radius 3 is 2.61 bits per heavy atom. The lowest BCUT2D eigenvalue weighted by Gasteiger charge is -2.36. The van der Waals surface area contributed by atoms with Crippen molar-refractivity contribution in [2.75, 3.05) is 25.1 Å². The molecule has 3 N–H and O–H groups in total. The van der Waals surface area contributed by atoms with Crippen LogP contribution in [0.1, 0.15) is 46.5 Å². The van der Waals surface area contributed by atoms with Crippen LogP contribution in [0.25, 0.3) is 0 Å². The molecule has 10 heteroatoms. The normalized spacial score (nSPS) is 31.3. The maximum atomic E-state index is 13.9. The second-order valence-corrected chi connectivity index (χ2v) is 12.6. The first-order valence-electron chi connectivity index (χ1n) is 12.8. The van der Waals surface area contributed by atoms with E-state index in [1.165, 1.54) is 0 Å². The van der Waals surface area contributed by atoms with Gasteiger partial charge in [0.15, 0.2) is 0 Å². The third-order valence-electron chi connectivity index (χ3n) is 7.53. The van der Waals surface area contributed by atoms with Crippen LogP contribution in [0.2, 0.25) is 0 Å². The third-order valence-corrected chi connectivity index (χ3v) is 10.7. The van der Waals surface area contributed by atoms with Gasteiger partial charge in [0.25, 0.3) is 0 Å². The molecular weight excluding hydrogens is 546 g/mol. The smallest absolute Gasteiger partial charge is 0.244 e. The van der Waals surface area contributed by atoms with E-state index >= 15 is 0 Å². The third kappa shape index (κ3) is 4.76. The molecule has 198 valence electrons. The molecule has 36 heavy (non-hydrogen) atoms. The van der Waals surface area contributed by atoms with Crippen molar-refractivity contribution in [1.82, 2.24) is 10.2 Å². The predicted molar refractivity (Wildman–Crippen MR) is 144 cm³/mol. The van der Waals surface area contributed by atoms with Gasteiger partial charge in [0.2, 0.25) is 17.7 Å². The van der Waals surface area contributed by atoms with Crippen LogP contribution in [0.5, 0.6) is 5.75 Å². The number of nitrogens with one attached hydrogen (secondary N) is 2. The van der Waals surface area contributed by atoms with Crippen molar-refractivity contribution in [3.05, 3.63) is 24.3 Å². The molecule has 3 fully saturated rings. The predicted octanol–water partition coefficient (Wildman–Crippen LogP) is 3.18. The molecule has 1 spiro atoms. The maximum Gasteiger partial charge on any atom is 0.244 e. The van der Waals surface area contributed by atoms with E-state index in [0.717, 1.165) is 25.0 Å². The molecule has 0 radical (unpaired) electrons. The molecule has 7 atom stereocenters. The van der Waals surface area contributed by atoms with Gasteiger partial charge in [-0.15, -0.1) is 11.8 Å². The van der Waals surface area contributed by atoms with Crippen molar-refractivity contribution in [2.45, 2.75) is 73.4 Å². The summed E-state index contributed by atoms with van der Waals surface area (Å²) in [5.41, 5.74) is 0.632. The SMILES string of the molecule is CCCCCNC(=O)C1N([C@H](C)CO)C(=O)[C@@H]2[C@@H](C(=O)Nc3ccc(OCC)cc3)[C@@H]3SC12CC3Br. The van der Waals surface area contributed by atoms with E-state index in [2.05, 4.69) is 33.5 Å². The summed E-state index contributed by atoms with van der Waals surface area (Å²) in [4.78, 5) is 42.6. The highest BCUT2D eigenvalue weighted by Gasteiger charge is 2.75. The fourth-order valence-corrected chi connectivity index (χ4v) is 9.54. The number of rotatable bonds is 11. The Balaban J connectivity index is 1.61. The Morgan fingerprint density at radius 2 is 1.97 bits per heavy atom. The largest absolute Gasteiger partial charge is 0.494 e. The summed E-state index contributed by atoms with van der Waals surface area (Å²) in [5, 5.41) is 15.8. The number of likely N-dealkylation sites (tertiary alicyclic amines) is 1. The van der Waals surface area contributed by atoms with E-state index in [-0.39, 0.29) is 34.4 Å². The van der Waals surface area contributed by atoms with E-state index in [1.807, 2.05) is 6.92 Å². The molecule has 1 aromatic rings. The second-order valence-electron chi connectivity index (χ2n) is 9.89. The van der Waals surface area contributed by atoms with Gasteiger partial charge in [-0.2, -0.15) is 0 Å². The lowest BCUT2D eigenvalue weighted by atomic mass is 9.70. The number of thioether (sulfide) groups is 1. The quantitative estimate of drug-likeness (QED) is 0.273. The van der Waals surface area contributed by atoms with E-state index in [4.69, 9.17) is 4.74 Å². The number of amides is 3. The molecular formula is C26H36BrN3O5S. The summed E-state index contributed by atoms with van der Waals surface area (Å²) < 4.78 is 4.77. The van der Waals surface area contributed by atoms with Crippen LogP contribution in [-0.4, -0.2) is 74.4 Å². The molecule has 1 aromatic carbocycles. The van der Waals surface area contributed by atoms with Crippen LogP contribution in [-0.2, 0) is 14.4 Å². The van der Waals surface area contributed by atoms with Gasteiger partial charge in [0, 0.05) is 22.3 Å². The van der Waals surface area contributed by atoms with Gasteiger partial charge in [0.1, 0.15) is 11.8 Å². The first-order chi connectivity index (χ1) is 17.3. The van der Waals surface area contributed by atoms with Crippen molar-refractivity contribution >= 4 is 51.1 Å². The lowest BCUT2D eigenvalue weighted by molar-refractivity contribution is -0.141. The van der Waals surface area contributed by atoms with Crippen molar-refractivity contribution < 1.29 is 24.2 Å². The van der Waals surface area contributed by atoms with Crippen LogP contribution in [0.4, 0.5) is 5.69 Å². The average Bonchev–Trinajstić information content (AvgIpc) is 3.46. The molecule has 0 aliphatic carbocycles. The lowest BCUT2D eigenvalue weighted by Crippen LogP contribution is -2.56. The number of benzene rings is 1. The van der Waals surface area contributed by atoms with Crippen LogP contribution in [0.15, 0.2) is 24.3 Å². The van der Waals surface area contributed by atoms with Crippen LogP contribution in [0.3, 0.4) is 0 Å². The van der Waals surface area contributed by atoms with Gasteiger partial charge in [0.05, 0.1) is 35.8 Å². The molecule has 3 unspecified atom stereocenters. The number of aliphatic hydroxyl groups excluding tert-OH is 1. The van der Waals surface area contributed by atoms with Crippen molar-refractivity contribution in [3.63, 3.8) is 0 Å². The number of unbranched alkanes of at least 4 members (excludes halogenated alkanes) is 2. The number of ether oxygens (including phenoxy) is 1. The number of fused-ring (bicyclic) bond motifs is 1. The average molecular weight is 583 g/mol. The first kappa shape index (κ1) is 27.3. The van der Waals surface area contributed by atoms with Crippen LogP contribution in [0, 0.1) is 11.8 Å². The van der Waals surface area contributed by atoms with Crippen LogP contribution >= 0.6 is 27.7 Å². The monoisotopic (exact) mass is 581 g/mol. The Bertz CT molecular complexity index is 979. The number of hydrogen-bond donors (Lipinski definition) is 3. The van der Waals surface area contributed by atoms with Gasteiger partial charge < -0.3 is 25.4 Å². The molecule has 0 aromatic heterocycles. The van der Waals surface area contributed by atoms with E-state index in [1.54, 1.807) is 47.9 Å². The minimum absolute atomic E-state index is 0.00223. The molecule has 3 saturated heterocycles. The number of nitrogens with zero attached hydrogens (tertiary/aromatic N) is 1. The summed E-state index contributed by atoms with van der Waals surface area (Å²) in [6.45, 7) is 6.63. The van der Waals surface area contributed by atoms with E-state index in [0.29, 0.717) is 25.3 Å². The van der Waals surface area contributed by atoms with Gasteiger partial charge in [-0.1, -0.05) is 35.7 Å². The van der Waals surface area contributed by atoms with Gasteiger partial charge >= 0.3 is 0 Å². The highest BCUT2D eigenvalue weighted by molar-refractivity contribution is 9.09. The van der Waals surface area contributed by atoms with Gasteiger partial charge in [-0.3, -0.25) is 14.4 Å². The Labute approximate surface area is 225 Å². The number of carbonyl (C=O) groups is 3. The molecule has 8 nitrogen and oxygen atoms in total. The van der Waals surface area contributed by atoms with Gasteiger partial charge in [-0.25, -0.2) is 0 Å². The minimum atomic E-state index is -0.725. The zero-order valence-corrected chi connectivity index (χ0v) is 23.4. The Morgan fingerprint density at radius 1 is 1.25 bits per heavy atom. The molecule has 3 heterocycles. The number of alkyl halides is 1. The number of anilines is 1. The molecule has 0 saturated carbocycles. The molecule has 3 aliphatic rings. The number of aliphatic hydroxyl groups is 1. The number of hydrogen-bond acceptors (Lipinski definition) is 6. The second kappa shape index (κ2) is 11.3. The summed E-state index contributed by atoms with van der Waals surface area (Å²) >= 11 is 5.36. The molecule has 4 rings (SSSR count). The first-order valence-corrected chi connectivity index (χ1v) is 14.6. The summed E-state index contributed by atoms with van der Waals surface area (Å²) in [6.07, 6.45) is 3.56. The van der Waals surface area contributed by atoms with Gasteiger partial charge in [-0.05, 0) is 51.0 Å². The van der Waals surface area contributed by atoms with E-state index in [9.17, 15) is 19.5 Å². The summed E-state index contributed by atoms with van der Waals surface area (Å²) in [7, 11) is 0. The Hall–Kier alpha value is -1.78. The summed E-state index contributed by atoms with van der Waals surface area (Å²) in [6, 6.07) is 5.92. The molecule has 2 bridgehead atoms. The van der Waals surface area contributed by atoms with Crippen LogP contribution < -0.4 is 15.4 Å². The van der Waals surface area contributed by atoms with E-state index < -0.39 is 28.7 Å². The highest BCUT2D eigenvalue weighted by Crippen LogP contribution is 2.68.